The SMILES string of the molecule is CCCN(CC1CC1)C(=O)C1(C(C)C)CCNC1. The molecule has 18 heavy (non-hydrogen) atoms. The van der Waals surface area contributed by atoms with Gasteiger partial charge >= 0.3 is 0 Å². The number of nitrogens with zero attached hydrogens (tertiary/aromatic N) is 1. The summed E-state index contributed by atoms with van der Waals surface area (Å²) in [5.41, 5.74) is -0.135. The molecule has 3 nitrogen and oxygen atoms in total. The van der Waals surface area contributed by atoms with Crippen LogP contribution in [0, 0.1) is 17.3 Å². The van der Waals surface area contributed by atoms with Crippen LogP contribution in [0.15, 0.2) is 0 Å². The molecule has 1 saturated heterocycles. The highest BCUT2D eigenvalue weighted by atomic mass is 16.2. The Kier molecular flexibility index (Phi) is 4.31. The molecule has 2 aliphatic rings. The molecule has 104 valence electrons. The van der Waals surface area contributed by atoms with Gasteiger partial charge in [-0.1, -0.05) is 20.8 Å². The monoisotopic (exact) mass is 252 g/mol. The Morgan fingerprint density at radius 3 is 2.61 bits per heavy atom. The Labute approximate surface area is 111 Å². The standard InChI is InChI=1S/C15H28N2O/c1-4-9-17(10-13-5-6-13)14(18)15(12(2)3)7-8-16-11-15/h12-13,16H,4-11H2,1-3H3. The van der Waals surface area contributed by atoms with Crippen LogP contribution in [0.2, 0.25) is 0 Å². The Hall–Kier alpha value is -0.570. The number of carbonyl (C=O) groups is 1. The number of hydrogen-bond acceptors (Lipinski definition) is 2. The third-order valence-corrected chi connectivity index (χ3v) is 4.68. The number of carbonyl (C=O) groups excluding carboxylic acids is 1. The van der Waals surface area contributed by atoms with Gasteiger partial charge in [0.25, 0.3) is 0 Å². The van der Waals surface area contributed by atoms with Crippen molar-refractivity contribution in [2.45, 2.75) is 46.5 Å². The zero-order chi connectivity index (χ0) is 13.2. The van der Waals surface area contributed by atoms with E-state index in [1.165, 1.54) is 12.8 Å². The lowest BCUT2D eigenvalue weighted by Crippen LogP contribution is -2.49. The van der Waals surface area contributed by atoms with E-state index in [2.05, 4.69) is 31.0 Å². The van der Waals surface area contributed by atoms with E-state index in [1.54, 1.807) is 0 Å². The Bertz CT molecular complexity index is 291. The lowest BCUT2D eigenvalue weighted by molar-refractivity contribution is -0.144. The molecular formula is C15H28N2O. The van der Waals surface area contributed by atoms with E-state index >= 15 is 0 Å². The van der Waals surface area contributed by atoms with Crippen molar-refractivity contribution in [3.8, 4) is 0 Å². The molecular weight excluding hydrogens is 224 g/mol. The van der Waals surface area contributed by atoms with Crippen LogP contribution in [-0.4, -0.2) is 37.0 Å². The molecule has 2 rings (SSSR count). The average molecular weight is 252 g/mol. The summed E-state index contributed by atoms with van der Waals surface area (Å²) in [7, 11) is 0. The Morgan fingerprint density at radius 2 is 2.17 bits per heavy atom. The molecule has 1 atom stereocenters. The van der Waals surface area contributed by atoms with Gasteiger partial charge in [-0.05, 0) is 44.1 Å². The Morgan fingerprint density at radius 1 is 1.44 bits per heavy atom. The molecule has 0 aromatic carbocycles. The van der Waals surface area contributed by atoms with Gasteiger partial charge in [-0.15, -0.1) is 0 Å². The predicted molar refractivity (Wildman–Crippen MR) is 74.4 cm³/mol. The fourth-order valence-corrected chi connectivity index (χ4v) is 3.11. The van der Waals surface area contributed by atoms with Crippen molar-refractivity contribution >= 4 is 5.91 Å². The van der Waals surface area contributed by atoms with Crippen molar-refractivity contribution in [1.82, 2.24) is 10.2 Å². The summed E-state index contributed by atoms with van der Waals surface area (Å²) < 4.78 is 0. The van der Waals surface area contributed by atoms with Crippen LogP contribution in [0.3, 0.4) is 0 Å². The molecule has 1 saturated carbocycles. The molecule has 1 unspecified atom stereocenters. The highest BCUT2D eigenvalue weighted by Crippen LogP contribution is 2.38. The third-order valence-electron chi connectivity index (χ3n) is 4.68. The van der Waals surface area contributed by atoms with E-state index in [0.29, 0.717) is 11.8 Å². The molecule has 0 aromatic heterocycles. The van der Waals surface area contributed by atoms with E-state index in [4.69, 9.17) is 0 Å². The van der Waals surface area contributed by atoms with Gasteiger partial charge in [-0.2, -0.15) is 0 Å². The number of rotatable bonds is 6. The predicted octanol–water partition coefficient (Wildman–Crippen LogP) is 2.27. The number of amides is 1. The summed E-state index contributed by atoms with van der Waals surface area (Å²) in [6.07, 6.45) is 4.72. The van der Waals surface area contributed by atoms with E-state index in [9.17, 15) is 4.79 Å². The zero-order valence-corrected chi connectivity index (χ0v) is 12.2. The third kappa shape index (κ3) is 2.71. The van der Waals surface area contributed by atoms with Crippen LogP contribution in [0.1, 0.15) is 46.5 Å². The van der Waals surface area contributed by atoms with E-state index in [1.807, 2.05) is 0 Å². The molecule has 2 fully saturated rings. The largest absolute Gasteiger partial charge is 0.342 e. The van der Waals surface area contributed by atoms with Crippen LogP contribution in [-0.2, 0) is 4.79 Å². The molecule has 0 bridgehead atoms. The average Bonchev–Trinajstić information content (AvgIpc) is 3.01. The van der Waals surface area contributed by atoms with Crippen LogP contribution < -0.4 is 5.32 Å². The van der Waals surface area contributed by atoms with Gasteiger partial charge in [0.15, 0.2) is 0 Å². The maximum atomic E-state index is 12.9. The summed E-state index contributed by atoms with van der Waals surface area (Å²) in [5, 5.41) is 3.39. The van der Waals surface area contributed by atoms with Crippen molar-refractivity contribution < 1.29 is 4.79 Å². The van der Waals surface area contributed by atoms with Crippen LogP contribution in [0.4, 0.5) is 0 Å². The molecule has 1 aliphatic heterocycles. The van der Waals surface area contributed by atoms with Gasteiger partial charge < -0.3 is 10.2 Å². The molecule has 3 heteroatoms. The first-order valence-electron chi connectivity index (χ1n) is 7.60. The summed E-state index contributed by atoms with van der Waals surface area (Å²) >= 11 is 0. The zero-order valence-electron chi connectivity index (χ0n) is 12.2. The van der Waals surface area contributed by atoms with Gasteiger partial charge in [0.1, 0.15) is 0 Å². The van der Waals surface area contributed by atoms with Gasteiger partial charge in [0, 0.05) is 19.6 Å². The Balaban J connectivity index is 2.08. The summed E-state index contributed by atoms with van der Waals surface area (Å²) in [4.78, 5) is 15.1. The topological polar surface area (TPSA) is 32.3 Å². The molecule has 1 N–H and O–H groups in total. The maximum absolute atomic E-state index is 12.9. The minimum atomic E-state index is -0.135. The fourth-order valence-electron chi connectivity index (χ4n) is 3.11. The van der Waals surface area contributed by atoms with Crippen molar-refractivity contribution in [3.63, 3.8) is 0 Å². The first-order chi connectivity index (χ1) is 8.60. The van der Waals surface area contributed by atoms with E-state index in [-0.39, 0.29) is 5.41 Å². The van der Waals surface area contributed by atoms with Crippen LogP contribution >= 0.6 is 0 Å². The summed E-state index contributed by atoms with van der Waals surface area (Å²) in [6, 6.07) is 0. The molecule has 1 heterocycles. The lowest BCUT2D eigenvalue weighted by atomic mass is 9.75. The molecule has 0 spiro atoms. The van der Waals surface area contributed by atoms with Gasteiger partial charge in [0.05, 0.1) is 5.41 Å². The van der Waals surface area contributed by atoms with E-state index in [0.717, 1.165) is 44.9 Å². The van der Waals surface area contributed by atoms with Crippen molar-refractivity contribution in [2.24, 2.45) is 17.3 Å². The molecule has 0 aromatic rings. The quantitative estimate of drug-likeness (QED) is 0.786. The van der Waals surface area contributed by atoms with Crippen molar-refractivity contribution in [1.29, 1.82) is 0 Å². The summed E-state index contributed by atoms with van der Waals surface area (Å²) in [6.45, 7) is 10.4. The number of nitrogens with one attached hydrogen (secondary N) is 1. The van der Waals surface area contributed by atoms with Gasteiger partial charge in [-0.25, -0.2) is 0 Å². The first-order valence-corrected chi connectivity index (χ1v) is 7.60. The second-order valence-electron chi connectivity index (χ2n) is 6.43. The minimum absolute atomic E-state index is 0.135. The second kappa shape index (κ2) is 5.60. The molecule has 0 radical (unpaired) electrons. The maximum Gasteiger partial charge on any atom is 0.230 e. The van der Waals surface area contributed by atoms with Crippen molar-refractivity contribution in [3.05, 3.63) is 0 Å². The molecule has 1 amide bonds. The van der Waals surface area contributed by atoms with Crippen molar-refractivity contribution in [2.75, 3.05) is 26.2 Å². The fraction of sp³-hybridized carbons (Fsp3) is 0.933. The highest BCUT2D eigenvalue weighted by Gasteiger charge is 2.46. The number of hydrogen-bond donors (Lipinski definition) is 1. The van der Waals surface area contributed by atoms with Gasteiger partial charge in [0.2, 0.25) is 5.91 Å². The smallest absolute Gasteiger partial charge is 0.230 e. The molecule has 1 aliphatic carbocycles. The van der Waals surface area contributed by atoms with Crippen LogP contribution in [0.25, 0.3) is 0 Å². The van der Waals surface area contributed by atoms with Crippen LogP contribution in [0.5, 0.6) is 0 Å². The first kappa shape index (κ1) is 13.9. The summed E-state index contributed by atoms with van der Waals surface area (Å²) in [5.74, 6) is 1.63. The normalized spacial score (nSPS) is 27.8. The van der Waals surface area contributed by atoms with Gasteiger partial charge in [-0.3, -0.25) is 4.79 Å². The lowest BCUT2D eigenvalue weighted by Gasteiger charge is -2.37. The minimum Gasteiger partial charge on any atom is -0.342 e. The van der Waals surface area contributed by atoms with E-state index < -0.39 is 0 Å². The highest BCUT2D eigenvalue weighted by molar-refractivity contribution is 5.83. The second-order valence-corrected chi connectivity index (χ2v) is 6.43.